The summed E-state index contributed by atoms with van der Waals surface area (Å²) in [5.41, 5.74) is 7.60. The van der Waals surface area contributed by atoms with Crippen molar-refractivity contribution in [2.45, 2.75) is 57.4 Å². The summed E-state index contributed by atoms with van der Waals surface area (Å²) >= 11 is 3.45. The molecule has 2 N–H and O–H groups in total. The molecule has 2 atom stereocenters. The molecule has 1 aliphatic carbocycles. The Labute approximate surface area is 123 Å². The third kappa shape index (κ3) is 4.03. The second kappa shape index (κ2) is 6.36. The first-order valence-corrected chi connectivity index (χ1v) is 8.04. The summed E-state index contributed by atoms with van der Waals surface area (Å²) in [4.78, 5) is 0. The van der Waals surface area contributed by atoms with Gasteiger partial charge in [0.2, 0.25) is 0 Å². The fraction of sp³-hybridized carbons (Fsp3) is 0.625. The molecule has 0 spiro atoms. The van der Waals surface area contributed by atoms with Crippen molar-refractivity contribution in [3.8, 4) is 0 Å². The smallest absolute Gasteiger partial charge is 0.124 e. The largest absolute Gasteiger partial charge is 0.325 e. The van der Waals surface area contributed by atoms with Gasteiger partial charge in [0.15, 0.2) is 0 Å². The summed E-state index contributed by atoms with van der Waals surface area (Å²) in [6.07, 6.45) is 8.00. The van der Waals surface area contributed by atoms with Gasteiger partial charge in [0.25, 0.3) is 0 Å². The molecule has 106 valence electrons. The van der Waals surface area contributed by atoms with Crippen molar-refractivity contribution >= 4 is 15.9 Å². The lowest BCUT2D eigenvalue weighted by Crippen LogP contribution is -2.41. The number of hydrogen-bond donors (Lipinski definition) is 1. The minimum absolute atomic E-state index is 0.121. The van der Waals surface area contributed by atoms with Crippen molar-refractivity contribution in [2.24, 2.45) is 11.7 Å². The third-order valence-corrected chi connectivity index (χ3v) is 5.21. The van der Waals surface area contributed by atoms with Crippen molar-refractivity contribution in [2.75, 3.05) is 0 Å². The van der Waals surface area contributed by atoms with Crippen LogP contribution in [0.4, 0.5) is 4.39 Å². The highest BCUT2D eigenvalue weighted by Gasteiger charge is 2.29. The zero-order valence-corrected chi connectivity index (χ0v) is 13.2. The summed E-state index contributed by atoms with van der Waals surface area (Å²) < 4.78 is 14.0. The summed E-state index contributed by atoms with van der Waals surface area (Å²) in [7, 11) is 0. The fourth-order valence-electron chi connectivity index (χ4n) is 3.13. The number of rotatable bonds is 3. The van der Waals surface area contributed by atoms with Crippen LogP contribution in [0, 0.1) is 11.7 Å². The summed E-state index contributed by atoms with van der Waals surface area (Å²) in [6, 6.07) is 4.91. The molecule has 0 heterocycles. The van der Waals surface area contributed by atoms with Crippen LogP contribution in [0.1, 0.15) is 51.0 Å². The van der Waals surface area contributed by atoms with E-state index < -0.39 is 0 Å². The van der Waals surface area contributed by atoms with E-state index in [2.05, 4.69) is 22.9 Å². The Morgan fingerprint density at radius 2 is 2.16 bits per heavy atom. The molecule has 0 aliphatic heterocycles. The van der Waals surface area contributed by atoms with Gasteiger partial charge in [-0.05, 0) is 49.3 Å². The normalized spacial score (nSPS) is 28.1. The van der Waals surface area contributed by atoms with Crippen LogP contribution in [0.3, 0.4) is 0 Å². The predicted octanol–water partition coefficient (Wildman–Crippen LogP) is 4.82. The van der Waals surface area contributed by atoms with Crippen LogP contribution in [0.5, 0.6) is 0 Å². The van der Waals surface area contributed by atoms with E-state index in [0.29, 0.717) is 0 Å². The van der Waals surface area contributed by atoms with Gasteiger partial charge in [-0.25, -0.2) is 4.39 Å². The lowest BCUT2D eigenvalue weighted by atomic mass is 9.84. The van der Waals surface area contributed by atoms with E-state index >= 15 is 0 Å². The van der Waals surface area contributed by atoms with Gasteiger partial charge < -0.3 is 5.73 Å². The van der Waals surface area contributed by atoms with Gasteiger partial charge in [-0.1, -0.05) is 48.2 Å². The second-order valence-electron chi connectivity index (χ2n) is 5.98. The molecule has 0 bridgehead atoms. The van der Waals surface area contributed by atoms with Gasteiger partial charge in [0.05, 0.1) is 0 Å². The maximum absolute atomic E-state index is 13.1. The molecule has 1 nitrogen and oxygen atoms in total. The Morgan fingerprint density at radius 3 is 2.84 bits per heavy atom. The Bertz CT molecular complexity index is 435. The van der Waals surface area contributed by atoms with Crippen LogP contribution in [-0.2, 0) is 6.42 Å². The monoisotopic (exact) mass is 327 g/mol. The van der Waals surface area contributed by atoms with Crippen molar-refractivity contribution in [1.82, 2.24) is 0 Å². The van der Waals surface area contributed by atoms with Crippen LogP contribution in [-0.4, -0.2) is 5.54 Å². The molecule has 0 aromatic heterocycles. The van der Waals surface area contributed by atoms with Gasteiger partial charge in [-0.3, -0.25) is 0 Å². The van der Waals surface area contributed by atoms with E-state index in [1.807, 2.05) is 6.07 Å². The molecule has 2 unspecified atom stereocenters. The van der Waals surface area contributed by atoms with Crippen molar-refractivity contribution < 1.29 is 4.39 Å². The van der Waals surface area contributed by atoms with Gasteiger partial charge in [-0.15, -0.1) is 0 Å². The number of nitrogens with two attached hydrogens (primary N) is 1. The first-order chi connectivity index (χ1) is 9.02. The highest BCUT2D eigenvalue weighted by Crippen LogP contribution is 2.34. The average Bonchev–Trinajstić information content (AvgIpc) is 2.55. The fourth-order valence-corrected chi connectivity index (χ4v) is 3.62. The van der Waals surface area contributed by atoms with E-state index in [-0.39, 0.29) is 11.4 Å². The molecule has 1 saturated carbocycles. The highest BCUT2D eigenvalue weighted by molar-refractivity contribution is 9.10. The summed E-state index contributed by atoms with van der Waals surface area (Å²) in [6.45, 7) is 2.27. The SMILES string of the molecule is CCC1CCCC(N)(Cc2ccc(F)cc2Br)CC1. The third-order valence-electron chi connectivity index (χ3n) is 4.47. The van der Waals surface area contributed by atoms with Crippen LogP contribution in [0.25, 0.3) is 0 Å². The maximum atomic E-state index is 13.1. The molecular formula is C16H23BrFN. The highest BCUT2D eigenvalue weighted by atomic mass is 79.9. The Morgan fingerprint density at radius 1 is 1.37 bits per heavy atom. The zero-order valence-electron chi connectivity index (χ0n) is 11.6. The molecule has 1 fully saturated rings. The van der Waals surface area contributed by atoms with Gasteiger partial charge in [-0.2, -0.15) is 0 Å². The van der Waals surface area contributed by atoms with E-state index in [0.717, 1.165) is 35.2 Å². The van der Waals surface area contributed by atoms with Crippen molar-refractivity contribution in [1.29, 1.82) is 0 Å². The second-order valence-corrected chi connectivity index (χ2v) is 6.83. The average molecular weight is 328 g/mol. The van der Waals surface area contributed by atoms with Crippen molar-refractivity contribution in [3.05, 3.63) is 34.1 Å². The number of hydrogen-bond acceptors (Lipinski definition) is 1. The quantitative estimate of drug-likeness (QED) is 0.791. The van der Waals surface area contributed by atoms with Gasteiger partial charge in [0, 0.05) is 10.0 Å². The molecular weight excluding hydrogens is 305 g/mol. The Kier molecular flexibility index (Phi) is 5.02. The number of halogens is 2. The van der Waals surface area contributed by atoms with Crippen LogP contribution >= 0.6 is 15.9 Å². The van der Waals surface area contributed by atoms with Crippen molar-refractivity contribution in [3.63, 3.8) is 0 Å². The van der Waals surface area contributed by atoms with E-state index in [4.69, 9.17) is 5.73 Å². The molecule has 0 saturated heterocycles. The van der Waals surface area contributed by atoms with Gasteiger partial charge >= 0.3 is 0 Å². The maximum Gasteiger partial charge on any atom is 0.124 e. The minimum Gasteiger partial charge on any atom is -0.325 e. The van der Waals surface area contributed by atoms with Gasteiger partial charge in [0.1, 0.15) is 5.82 Å². The molecule has 0 amide bonds. The van der Waals surface area contributed by atoms with E-state index in [1.54, 1.807) is 0 Å². The molecule has 2 rings (SSSR count). The zero-order chi connectivity index (χ0) is 13.9. The minimum atomic E-state index is -0.200. The Balaban J connectivity index is 2.08. The van der Waals surface area contributed by atoms with E-state index in [9.17, 15) is 4.39 Å². The molecule has 1 aliphatic rings. The predicted molar refractivity (Wildman–Crippen MR) is 81.6 cm³/mol. The standard InChI is InChI=1S/C16H23BrFN/c1-2-12-4-3-8-16(19,9-7-12)11-13-5-6-14(18)10-15(13)17/h5-6,10,12H,2-4,7-9,11,19H2,1H3. The molecule has 0 radical (unpaired) electrons. The molecule has 1 aromatic rings. The first-order valence-electron chi connectivity index (χ1n) is 7.25. The molecule has 19 heavy (non-hydrogen) atoms. The number of benzene rings is 1. The van der Waals surface area contributed by atoms with Crippen LogP contribution in [0.15, 0.2) is 22.7 Å². The van der Waals surface area contributed by atoms with Crippen LogP contribution < -0.4 is 5.73 Å². The van der Waals surface area contributed by atoms with Crippen LogP contribution in [0.2, 0.25) is 0 Å². The van der Waals surface area contributed by atoms with E-state index in [1.165, 1.54) is 37.8 Å². The lowest BCUT2D eigenvalue weighted by Gasteiger charge is -2.29. The first kappa shape index (κ1) is 15.0. The summed E-state index contributed by atoms with van der Waals surface area (Å²) in [5.74, 6) is 0.635. The molecule has 3 heteroatoms. The topological polar surface area (TPSA) is 26.0 Å². The molecule has 1 aromatic carbocycles. The Hall–Kier alpha value is -0.410. The lowest BCUT2D eigenvalue weighted by molar-refractivity contribution is 0.357. The summed E-state index contributed by atoms with van der Waals surface area (Å²) in [5, 5.41) is 0.